The van der Waals surface area contributed by atoms with E-state index in [4.69, 9.17) is 4.74 Å². The van der Waals surface area contributed by atoms with Gasteiger partial charge < -0.3 is 15.0 Å². The summed E-state index contributed by atoms with van der Waals surface area (Å²) in [6.07, 6.45) is 2.04. The zero-order chi connectivity index (χ0) is 11.4. The van der Waals surface area contributed by atoms with Crippen LogP contribution in [0.15, 0.2) is 6.20 Å². The molecule has 1 fully saturated rings. The molecular formula is C11H19N3OS. The highest BCUT2D eigenvalue weighted by Gasteiger charge is 2.19. The lowest BCUT2D eigenvalue weighted by Crippen LogP contribution is -2.22. The van der Waals surface area contributed by atoms with Crippen LogP contribution in [-0.2, 0) is 11.3 Å². The minimum absolute atomic E-state index is 0.145. The van der Waals surface area contributed by atoms with E-state index in [0.29, 0.717) is 6.04 Å². The molecule has 2 N–H and O–H groups in total. The fourth-order valence-electron chi connectivity index (χ4n) is 1.59. The molecule has 2 rings (SSSR count). The highest BCUT2D eigenvalue weighted by molar-refractivity contribution is 7.99. The van der Waals surface area contributed by atoms with E-state index in [1.807, 2.05) is 18.0 Å². The predicted octanol–water partition coefficient (Wildman–Crippen LogP) is 1.71. The van der Waals surface area contributed by atoms with Crippen LogP contribution in [0.5, 0.6) is 0 Å². The van der Waals surface area contributed by atoms with Crippen molar-refractivity contribution in [1.82, 2.24) is 15.3 Å². The average molecular weight is 241 g/mol. The van der Waals surface area contributed by atoms with E-state index in [1.165, 1.54) is 0 Å². The SMILES string of the molecule is CC(C)NCc1cnc(C2CSCCO2)[nH]1. The number of hydrogen-bond acceptors (Lipinski definition) is 4. The van der Waals surface area contributed by atoms with Crippen molar-refractivity contribution in [2.75, 3.05) is 18.1 Å². The summed E-state index contributed by atoms with van der Waals surface area (Å²) in [6, 6.07) is 0.494. The third-order valence-corrected chi connectivity index (χ3v) is 3.46. The predicted molar refractivity (Wildman–Crippen MR) is 66.6 cm³/mol. The van der Waals surface area contributed by atoms with Gasteiger partial charge in [-0.15, -0.1) is 0 Å². The molecule has 1 unspecified atom stereocenters. The molecule has 1 aliphatic heterocycles. The van der Waals surface area contributed by atoms with Crippen molar-refractivity contribution >= 4 is 11.8 Å². The van der Waals surface area contributed by atoms with Gasteiger partial charge in [0.15, 0.2) is 0 Å². The molecule has 0 amide bonds. The van der Waals surface area contributed by atoms with Crippen molar-refractivity contribution in [2.45, 2.75) is 32.5 Å². The maximum absolute atomic E-state index is 5.67. The summed E-state index contributed by atoms with van der Waals surface area (Å²) in [5.41, 5.74) is 1.13. The first-order valence-electron chi connectivity index (χ1n) is 5.72. The maximum atomic E-state index is 5.67. The molecule has 1 aromatic heterocycles. The zero-order valence-corrected chi connectivity index (χ0v) is 10.6. The minimum atomic E-state index is 0.145. The topological polar surface area (TPSA) is 49.9 Å². The second-order valence-corrected chi connectivity index (χ2v) is 5.41. The van der Waals surface area contributed by atoms with Crippen molar-refractivity contribution in [3.05, 3.63) is 17.7 Å². The van der Waals surface area contributed by atoms with E-state index in [9.17, 15) is 0 Å². The highest BCUT2D eigenvalue weighted by atomic mass is 32.2. The summed E-state index contributed by atoms with van der Waals surface area (Å²) in [5, 5.41) is 3.36. The van der Waals surface area contributed by atoms with E-state index in [-0.39, 0.29) is 6.10 Å². The molecule has 1 aliphatic rings. The molecule has 2 heterocycles. The molecule has 4 nitrogen and oxygen atoms in total. The number of hydrogen-bond donors (Lipinski definition) is 2. The van der Waals surface area contributed by atoms with E-state index in [0.717, 1.165) is 36.2 Å². The Kier molecular flexibility index (Phi) is 4.26. The Morgan fingerprint density at radius 3 is 3.25 bits per heavy atom. The normalized spacial score (nSPS) is 21.6. The van der Waals surface area contributed by atoms with Gasteiger partial charge in [0.05, 0.1) is 6.61 Å². The van der Waals surface area contributed by atoms with Gasteiger partial charge in [-0.1, -0.05) is 13.8 Å². The number of H-pyrrole nitrogens is 1. The molecule has 0 saturated carbocycles. The van der Waals surface area contributed by atoms with Crippen molar-refractivity contribution in [2.24, 2.45) is 0 Å². The molecule has 0 bridgehead atoms. The number of thioether (sulfide) groups is 1. The molecule has 0 spiro atoms. The highest BCUT2D eigenvalue weighted by Crippen LogP contribution is 2.24. The Balaban J connectivity index is 1.90. The Hall–Kier alpha value is -0.520. The Morgan fingerprint density at radius 1 is 1.69 bits per heavy atom. The van der Waals surface area contributed by atoms with Crippen molar-refractivity contribution in [3.8, 4) is 0 Å². The number of aromatic amines is 1. The van der Waals surface area contributed by atoms with E-state index < -0.39 is 0 Å². The second kappa shape index (κ2) is 5.70. The summed E-state index contributed by atoms with van der Waals surface area (Å²) >= 11 is 1.92. The standard InChI is InChI=1S/C11H19N3OS/c1-8(2)12-5-9-6-13-11(14-9)10-7-16-4-3-15-10/h6,8,10,12H,3-5,7H2,1-2H3,(H,13,14). The van der Waals surface area contributed by atoms with Gasteiger partial charge in [0.1, 0.15) is 11.9 Å². The number of ether oxygens (including phenoxy) is 1. The molecule has 16 heavy (non-hydrogen) atoms. The molecule has 0 radical (unpaired) electrons. The van der Waals surface area contributed by atoms with E-state index in [2.05, 4.69) is 29.1 Å². The first-order chi connectivity index (χ1) is 7.75. The van der Waals surface area contributed by atoms with Crippen LogP contribution >= 0.6 is 11.8 Å². The van der Waals surface area contributed by atoms with Crippen LogP contribution in [0, 0.1) is 0 Å². The van der Waals surface area contributed by atoms with Gasteiger partial charge in [-0.2, -0.15) is 11.8 Å². The summed E-state index contributed by atoms with van der Waals surface area (Å²) < 4.78 is 5.67. The Labute approximate surface area is 101 Å². The van der Waals surface area contributed by atoms with Crippen LogP contribution in [-0.4, -0.2) is 34.1 Å². The van der Waals surface area contributed by atoms with Gasteiger partial charge in [0.25, 0.3) is 0 Å². The zero-order valence-electron chi connectivity index (χ0n) is 9.82. The smallest absolute Gasteiger partial charge is 0.136 e. The number of imidazole rings is 1. The van der Waals surface area contributed by atoms with Gasteiger partial charge >= 0.3 is 0 Å². The lowest BCUT2D eigenvalue weighted by molar-refractivity contribution is 0.0700. The van der Waals surface area contributed by atoms with Gasteiger partial charge in [0, 0.05) is 36.0 Å². The van der Waals surface area contributed by atoms with Gasteiger partial charge in [-0.25, -0.2) is 4.98 Å². The Bertz CT molecular complexity index is 321. The summed E-state index contributed by atoms with van der Waals surface area (Å²) in [7, 11) is 0. The van der Waals surface area contributed by atoms with Crippen LogP contribution < -0.4 is 5.32 Å². The van der Waals surface area contributed by atoms with Crippen LogP contribution in [0.4, 0.5) is 0 Å². The van der Waals surface area contributed by atoms with Crippen molar-refractivity contribution in [3.63, 3.8) is 0 Å². The van der Waals surface area contributed by atoms with Gasteiger partial charge in [-0.05, 0) is 0 Å². The number of nitrogens with zero attached hydrogens (tertiary/aromatic N) is 1. The monoisotopic (exact) mass is 241 g/mol. The van der Waals surface area contributed by atoms with Crippen LogP contribution in [0.25, 0.3) is 0 Å². The lowest BCUT2D eigenvalue weighted by Gasteiger charge is -2.20. The fourth-order valence-corrected chi connectivity index (χ4v) is 2.44. The molecule has 90 valence electrons. The molecule has 1 atom stereocenters. The quantitative estimate of drug-likeness (QED) is 0.842. The van der Waals surface area contributed by atoms with Crippen LogP contribution in [0.1, 0.15) is 31.5 Å². The first kappa shape index (κ1) is 12.0. The summed E-state index contributed by atoms with van der Waals surface area (Å²) in [4.78, 5) is 7.71. The molecule has 5 heteroatoms. The molecule has 1 aromatic rings. The molecule has 0 aromatic carbocycles. The fraction of sp³-hybridized carbons (Fsp3) is 0.727. The maximum Gasteiger partial charge on any atom is 0.136 e. The van der Waals surface area contributed by atoms with E-state index in [1.54, 1.807) is 0 Å². The van der Waals surface area contributed by atoms with E-state index >= 15 is 0 Å². The number of rotatable bonds is 4. The number of aromatic nitrogens is 2. The molecule has 1 saturated heterocycles. The lowest BCUT2D eigenvalue weighted by atomic mass is 10.3. The average Bonchev–Trinajstić information content (AvgIpc) is 2.76. The van der Waals surface area contributed by atoms with Gasteiger partial charge in [0.2, 0.25) is 0 Å². The summed E-state index contributed by atoms with van der Waals surface area (Å²) in [5.74, 6) is 3.07. The minimum Gasteiger partial charge on any atom is -0.369 e. The first-order valence-corrected chi connectivity index (χ1v) is 6.87. The largest absolute Gasteiger partial charge is 0.369 e. The van der Waals surface area contributed by atoms with Crippen molar-refractivity contribution in [1.29, 1.82) is 0 Å². The van der Waals surface area contributed by atoms with Crippen LogP contribution in [0.2, 0.25) is 0 Å². The second-order valence-electron chi connectivity index (χ2n) is 4.26. The molecule has 0 aliphatic carbocycles. The van der Waals surface area contributed by atoms with Crippen LogP contribution in [0.3, 0.4) is 0 Å². The number of nitrogens with one attached hydrogen (secondary N) is 2. The summed E-state index contributed by atoms with van der Waals surface area (Å²) in [6.45, 7) is 5.94. The third-order valence-electron chi connectivity index (χ3n) is 2.47. The van der Waals surface area contributed by atoms with Crippen molar-refractivity contribution < 1.29 is 4.74 Å². The third kappa shape index (κ3) is 3.23. The van der Waals surface area contributed by atoms with Gasteiger partial charge in [-0.3, -0.25) is 0 Å². The molecular weight excluding hydrogens is 222 g/mol. The Morgan fingerprint density at radius 2 is 2.56 bits per heavy atom.